The molecule has 0 aromatic carbocycles. The zero-order valence-corrected chi connectivity index (χ0v) is 14.2. The summed E-state index contributed by atoms with van der Waals surface area (Å²) in [5.41, 5.74) is 3.32. The van der Waals surface area contributed by atoms with Crippen LogP contribution in [0.4, 0.5) is 0 Å². The average molecular weight is 281 g/mol. The van der Waals surface area contributed by atoms with Gasteiger partial charge in [-0.05, 0) is 62.2 Å². The van der Waals surface area contributed by atoms with E-state index in [-0.39, 0.29) is 0 Å². The van der Waals surface area contributed by atoms with Crippen LogP contribution in [0.3, 0.4) is 0 Å². The fraction of sp³-hybridized carbons (Fsp3) is 1.00. The molecule has 2 aliphatic carbocycles. The van der Waals surface area contributed by atoms with E-state index in [4.69, 9.17) is 4.84 Å². The maximum absolute atomic E-state index is 6.21. The third-order valence-electron chi connectivity index (χ3n) is 6.04. The highest BCUT2D eigenvalue weighted by Crippen LogP contribution is 2.49. The second-order valence-electron chi connectivity index (χ2n) is 7.62. The first-order valence-corrected chi connectivity index (χ1v) is 8.97. The lowest BCUT2D eigenvalue weighted by atomic mass is 9.58. The van der Waals surface area contributed by atoms with E-state index in [1.54, 1.807) is 0 Å². The summed E-state index contributed by atoms with van der Waals surface area (Å²) in [6.07, 6.45) is 8.41. The van der Waals surface area contributed by atoms with E-state index in [0.717, 1.165) is 36.0 Å². The van der Waals surface area contributed by atoms with E-state index < -0.39 is 0 Å². The van der Waals surface area contributed by atoms with Crippen LogP contribution in [0.1, 0.15) is 73.1 Å². The fourth-order valence-corrected chi connectivity index (χ4v) is 4.72. The highest BCUT2D eigenvalue weighted by Gasteiger charge is 2.45. The molecule has 5 unspecified atom stereocenters. The standard InChI is InChI=1S/C18H35NO/c1-6-14(5)19-20-17-11-12(3)10-15-9-8-13(4)16(7-2)18(15)17/h12-19H,6-11H2,1-5H3/t12-,13?,14?,15?,16?,17-,18?/m0/s1. The smallest absolute Gasteiger partial charge is 0.0826 e. The van der Waals surface area contributed by atoms with Crippen molar-refractivity contribution < 1.29 is 4.84 Å². The van der Waals surface area contributed by atoms with Gasteiger partial charge in [0.05, 0.1) is 6.10 Å². The molecule has 2 fully saturated rings. The Morgan fingerprint density at radius 3 is 2.55 bits per heavy atom. The quantitative estimate of drug-likeness (QED) is 0.731. The summed E-state index contributed by atoms with van der Waals surface area (Å²) in [7, 11) is 0. The number of nitrogens with one attached hydrogen (secondary N) is 1. The predicted octanol–water partition coefficient (Wildman–Crippen LogP) is 4.79. The Morgan fingerprint density at radius 2 is 1.90 bits per heavy atom. The third-order valence-corrected chi connectivity index (χ3v) is 6.04. The second-order valence-corrected chi connectivity index (χ2v) is 7.62. The van der Waals surface area contributed by atoms with Crippen molar-refractivity contribution in [1.82, 2.24) is 5.48 Å². The summed E-state index contributed by atoms with van der Waals surface area (Å²) in [6.45, 7) is 11.7. The molecule has 2 heteroatoms. The molecule has 20 heavy (non-hydrogen) atoms. The lowest BCUT2D eigenvalue weighted by Crippen LogP contribution is -2.48. The Morgan fingerprint density at radius 1 is 1.15 bits per heavy atom. The Labute approximate surface area is 126 Å². The molecule has 1 N–H and O–H groups in total. The molecule has 0 bridgehead atoms. The minimum atomic E-state index is 0.436. The van der Waals surface area contributed by atoms with E-state index in [2.05, 4.69) is 40.1 Å². The predicted molar refractivity (Wildman–Crippen MR) is 85.3 cm³/mol. The highest BCUT2D eigenvalue weighted by molar-refractivity contribution is 4.94. The van der Waals surface area contributed by atoms with Crippen LogP contribution in [0, 0.1) is 29.6 Å². The molecule has 7 atom stereocenters. The minimum Gasteiger partial charge on any atom is -0.298 e. The number of rotatable bonds is 5. The molecule has 0 heterocycles. The van der Waals surface area contributed by atoms with Gasteiger partial charge in [-0.1, -0.05) is 40.5 Å². The van der Waals surface area contributed by atoms with Crippen molar-refractivity contribution in [2.24, 2.45) is 29.6 Å². The molecule has 2 saturated carbocycles. The van der Waals surface area contributed by atoms with Gasteiger partial charge in [-0.15, -0.1) is 0 Å². The van der Waals surface area contributed by atoms with E-state index in [1.165, 1.54) is 32.1 Å². The molecule has 2 aliphatic rings. The Kier molecular flexibility index (Phi) is 5.92. The zero-order chi connectivity index (χ0) is 14.7. The SMILES string of the molecule is CCC(C)NO[C@H]1C[C@@H](C)CC2CCC(C)C(CC)C21. The van der Waals surface area contributed by atoms with Crippen LogP contribution in [0.15, 0.2) is 0 Å². The van der Waals surface area contributed by atoms with E-state index in [1.807, 2.05) is 0 Å². The van der Waals surface area contributed by atoms with Crippen molar-refractivity contribution in [3.63, 3.8) is 0 Å². The van der Waals surface area contributed by atoms with Crippen molar-refractivity contribution >= 4 is 0 Å². The van der Waals surface area contributed by atoms with Gasteiger partial charge in [0.1, 0.15) is 0 Å². The van der Waals surface area contributed by atoms with Gasteiger partial charge in [-0.2, -0.15) is 5.48 Å². The Bertz CT molecular complexity index is 293. The van der Waals surface area contributed by atoms with Crippen LogP contribution in [0.2, 0.25) is 0 Å². The molecule has 0 saturated heterocycles. The minimum absolute atomic E-state index is 0.436. The molecule has 0 aromatic heterocycles. The molecule has 0 amide bonds. The molecule has 0 spiro atoms. The van der Waals surface area contributed by atoms with Crippen molar-refractivity contribution in [3.05, 3.63) is 0 Å². The maximum Gasteiger partial charge on any atom is 0.0826 e. The van der Waals surface area contributed by atoms with Gasteiger partial charge in [-0.3, -0.25) is 4.84 Å². The summed E-state index contributed by atoms with van der Waals surface area (Å²) in [4.78, 5) is 6.21. The summed E-state index contributed by atoms with van der Waals surface area (Å²) in [5, 5.41) is 0. The van der Waals surface area contributed by atoms with Crippen LogP contribution in [-0.2, 0) is 4.84 Å². The van der Waals surface area contributed by atoms with Crippen molar-refractivity contribution in [2.45, 2.75) is 85.3 Å². The topological polar surface area (TPSA) is 21.3 Å². The lowest BCUT2D eigenvalue weighted by molar-refractivity contribution is -0.139. The number of fused-ring (bicyclic) bond motifs is 1. The van der Waals surface area contributed by atoms with Gasteiger partial charge in [-0.25, -0.2) is 0 Å². The van der Waals surface area contributed by atoms with E-state index in [9.17, 15) is 0 Å². The van der Waals surface area contributed by atoms with E-state index >= 15 is 0 Å². The van der Waals surface area contributed by atoms with Gasteiger partial charge in [0.25, 0.3) is 0 Å². The highest BCUT2D eigenvalue weighted by atomic mass is 16.7. The maximum atomic E-state index is 6.21. The monoisotopic (exact) mass is 281 g/mol. The van der Waals surface area contributed by atoms with Crippen LogP contribution >= 0.6 is 0 Å². The second kappa shape index (κ2) is 7.26. The third kappa shape index (κ3) is 3.57. The van der Waals surface area contributed by atoms with E-state index in [0.29, 0.717) is 12.1 Å². The first-order chi connectivity index (χ1) is 9.56. The number of hydrogen-bond donors (Lipinski definition) is 1. The lowest BCUT2D eigenvalue weighted by Gasteiger charge is -2.50. The molecule has 118 valence electrons. The van der Waals surface area contributed by atoms with Crippen molar-refractivity contribution in [2.75, 3.05) is 0 Å². The van der Waals surface area contributed by atoms with Gasteiger partial charge in [0, 0.05) is 6.04 Å². The average Bonchev–Trinajstić information content (AvgIpc) is 2.44. The molecule has 2 rings (SSSR count). The largest absolute Gasteiger partial charge is 0.298 e. The normalized spacial score (nSPS) is 43.0. The summed E-state index contributed by atoms with van der Waals surface area (Å²) in [6, 6.07) is 0.465. The molecular weight excluding hydrogens is 246 g/mol. The number of hydroxylamine groups is 1. The van der Waals surface area contributed by atoms with Gasteiger partial charge in [0.2, 0.25) is 0 Å². The molecule has 2 nitrogen and oxygen atoms in total. The number of hydrogen-bond acceptors (Lipinski definition) is 2. The first kappa shape index (κ1) is 16.3. The van der Waals surface area contributed by atoms with Crippen LogP contribution in [-0.4, -0.2) is 12.1 Å². The van der Waals surface area contributed by atoms with Gasteiger partial charge < -0.3 is 0 Å². The molecule has 0 radical (unpaired) electrons. The summed E-state index contributed by atoms with van der Waals surface area (Å²) < 4.78 is 0. The summed E-state index contributed by atoms with van der Waals surface area (Å²) in [5.74, 6) is 4.26. The Balaban J connectivity index is 2.06. The first-order valence-electron chi connectivity index (χ1n) is 8.97. The van der Waals surface area contributed by atoms with Crippen molar-refractivity contribution in [1.29, 1.82) is 0 Å². The van der Waals surface area contributed by atoms with Crippen molar-refractivity contribution in [3.8, 4) is 0 Å². The molecular formula is C18H35NO. The zero-order valence-electron chi connectivity index (χ0n) is 14.2. The van der Waals surface area contributed by atoms with Crippen LogP contribution < -0.4 is 5.48 Å². The Hall–Kier alpha value is -0.0800. The molecule has 0 aliphatic heterocycles. The fourth-order valence-electron chi connectivity index (χ4n) is 4.72. The van der Waals surface area contributed by atoms with Crippen LogP contribution in [0.25, 0.3) is 0 Å². The van der Waals surface area contributed by atoms with Gasteiger partial charge in [0.15, 0.2) is 0 Å². The molecule has 0 aromatic rings. The summed E-state index contributed by atoms with van der Waals surface area (Å²) >= 11 is 0. The van der Waals surface area contributed by atoms with Crippen LogP contribution in [0.5, 0.6) is 0 Å². The van der Waals surface area contributed by atoms with Gasteiger partial charge >= 0.3 is 0 Å².